The molecule has 0 heteroatoms. The molecule has 0 aromatic heterocycles. The Morgan fingerprint density at radius 2 is 2.00 bits per heavy atom. The van der Waals surface area contributed by atoms with E-state index < -0.39 is 0 Å². The minimum absolute atomic E-state index is 0.627. The van der Waals surface area contributed by atoms with E-state index in [1.807, 2.05) is 0 Å². The number of hydrogen-bond acceptors (Lipinski definition) is 0. The van der Waals surface area contributed by atoms with Crippen LogP contribution in [0, 0.1) is 23.2 Å². The molecule has 1 saturated carbocycles. The minimum Gasteiger partial charge on any atom is -0.0654 e. The van der Waals surface area contributed by atoms with Crippen LogP contribution in [0.1, 0.15) is 73.1 Å². The molecule has 1 aliphatic carbocycles. The van der Waals surface area contributed by atoms with Gasteiger partial charge in [-0.25, -0.2) is 0 Å². The Hall–Kier alpha value is 0. The SMILES string of the molecule is CCCCC1CCC(C)(C(C)C)CC1C. The van der Waals surface area contributed by atoms with Crippen molar-refractivity contribution in [3.05, 3.63) is 0 Å². The van der Waals surface area contributed by atoms with Crippen molar-refractivity contribution in [2.24, 2.45) is 23.2 Å². The average molecular weight is 210 g/mol. The summed E-state index contributed by atoms with van der Waals surface area (Å²) < 4.78 is 0. The van der Waals surface area contributed by atoms with Crippen LogP contribution in [0.3, 0.4) is 0 Å². The Bertz CT molecular complexity index is 182. The van der Waals surface area contributed by atoms with E-state index in [-0.39, 0.29) is 0 Å². The van der Waals surface area contributed by atoms with Gasteiger partial charge in [-0.05, 0) is 42.4 Å². The highest BCUT2D eigenvalue weighted by molar-refractivity contribution is 4.87. The van der Waals surface area contributed by atoms with Crippen molar-refractivity contribution in [1.29, 1.82) is 0 Å². The first-order valence-corrected chi connectivity index (χ1v) is 6.99. The standard InChI is InChI=1S/C15H30/c1-6-7-8-14-9-10-15(5,12(2)3)11-13(14)4/h12-14H,6-11H2,1-5H3. The Morgan fingerprint density at radius 3 is 2.47 bits per heavy atom. The van der Waals surface area contributed by atoms with Gasteiger partial charge in [0.05, 0.1) is 0 Å². The van der Waals surface area contributed by atoms with Gasteiger partial charge in [0.15, 0.2) is 0 Å². The number of unbranched alkanes of at least 4 members (excludes halogenated alkanes) is 1. The van der Waals surface area contributed by atoms with Gasteiger partial charge in [-0.3, -0.25) is 0 Å². The second-order valence-electron chi connectivity index (χ2n) is 6.43. The highest BCUT2D eigenvalue weighted by atomic mass is 14.4. The maximum atomic E-state index is 2.50. The summed E-state index contributed by atoms with van der Waals surface area (Å²) in [6.07, 6.45) is 8.68. The Morgan fingerprint density at radius 1 is 1.33 bits per heavy atom. The molecular weight excluding hydrogens is 180 g/mol. The number of rotatable bonds is 4. The van der Waals surface area contributed by atoms with E-state index in [2.05, 4.69) is 34.6 Å². The summed E-state index contributed by atoms with van der Waals surface area (Å²) in [5, 5.41) is 0. The molecule has 0 N–H and O–H groups in total. The molecule has 90 valence electrons. The van der Waals surface area contributed by atoms with Crippen LogP contribution in [0.25, 0.3) is 0 Å². The lowest BCUT2D eigenvalue weighted by atomic mass is 9.61. The van der Waals surface area contributed by atoms with Gasteiger partial charge in [-0.1, -0.05) is 53.9 Å². The molecule has 0 aromatic rings. The molecule has 15 heavy (non-hydrogen) atoms. The molecule has 1 rings (SSSR count). The minimum atomic E-state index is 0.627. The molecule has 3 unspecified atom stereocenters. The van der Waals surface area contributed by atoms with Gasteiger partial charge in [0.1, 0.15) is 0 Å². The lowest BCUT2D eigenvalue weighted by Gasteiger charge is -2.44. The predicted octanol–water partition coefficient (Wildman–Crippen LogP) is 5.28. The van der Waals surface area contributed by atoms with Crippen molar-refractivity contribution in [3.8, 4) is 0 Å². The van der Waals surface area contributed by atoms with Crippen LogP contribution in [-0.4, -0.2) is 0 Å². The third-order valence-corrected chi connectivity index (χ3v) is 5.00. The topological polar surface area (TPSA) is 0 Å². The lowest BCUT2D eigenvalue weighted by molar-refractivity contribution is 0.0643. The summed E-state index contributed by atoms with van der Waals surface area (Å²) in [4.78, 5) is 0. The average Bonchev–Trinajstić information content (AvgIpc) is 2.16. The van der Waals surface area contributed by atoms with Crippen molar-refractivity contribution in [2.75, 3.05) is 0 Å². The van der Waals surface area contributed by atoms with Gasteiger partial charge in [0, 0.05) is 0 Å². The molecule has 0 saturated heterocycles. The van der Waals surface area contributed by atoms with Crippen LogP contribution in [0.15, 0.2) is 0 Å². The summed E-state index contributed by atoms with van der Waals surface area (Å²) in [5.74, 6) is 2.83. The quantitative estimate of drug-likeness (QED) is 0.592. The van der Waals surface area contributed by atoms with Crippen molar-refractivity contribution >= 4 is 0 Å². The molecule has 0 bridgehead atoms. The fourth-order valence-corrected chi connectivity index (χ4v) is 3.22. The van der Waals surface area contributed by atoms with E-state index in [0.29, 0.717) is 5.41 Å². The normalized spacial score (nSPS) is 37.2. The van der Waals surface area contributed by atoms with Crippen LogP contribution in [0.2, 0.25) is 0 Å². The Labute approximate surface area is 96.8 Å². The fourth-order valence-electron chi connectivity index (χ4n) is 3.22. The van der Waals surface area contributed by atoms with Crippen molar-refractivity contribution in [2.45, 2.75) is 73.1 Å². The molecular formula is C15H30. The van der Waals surface area contributed by atoms with Gasteiger partial charge < -0.3 is 0 Å². The molecule has 0 heterocycles. The zero-order chi connectivity index (χ0) is 11.5. The van der Waals surface area contributed by atoms with E-state index in [1.54, 1.807) is 0 Å². The van der Waals surface area contributed by atoms with Gasteiger partial charge in [0.25, 0.3) is 0 Å². The second-order valence-corrected chi connectivity index (χ2v) is 6.43. The van der Waals surface area contributed by atoms with E-state index in [1.165, 1.54) is 38.5 Å². The number of hydrogen-bond donors (Lipinski definition) is 0. The van der Waals surface area contributed by atoms with E-state index >= 15 is 0 Å². The fraction of sp³-hybridized carbons (Fsp3) is 1.00. The van der Waals surface area contributed by atoms with E-state index in [4.69, 9.17) is 0 Å². The summed E-state index contributed by atoms with van der Waals surface area (Å²) >= 11 is 0. The van der Waals surface area contributed by atoms with Crippen molar-refractivity contribution < 1.29 is 0 Å². The first-order valence-electron chi connectivity index (χ1n) is 6.99. The zero-order valence-corrected chi connectivity index (χ0v) is 11.5. The van der Waals surface area contributed by atoms with Gasteiger partial charge in [-0.2, -0.15) is 0 Å². The Kier molecular flexibility index (Phi) is 4.67. The summed E-state index contributed by atoms with van der Waals surface area (Å²) in [6, 6.07) is 0. The van der Waals surface area contributed by atoms with Crippen molar-refractivity contribution in [1.82, 2.24) is 0 Å². The second kappa shape index (κ2) is 5.37. The maximum Gasteiger partial charge on any atom is -0.0300 e. The van der Waals surface area contributed by atoms with Gasteiger partial charge in [0.2, 0.25) is 0 Å². The molecule has 0 amide bonds. The van der Waals surface area contributed by atoms with Crippen LogP contribution < -0.4 is 0 Å². The van der Waals surface area contributed by atoms with Crippen molar-refractivity contribution in [3.63, 3.8) is 0 Å². The highest BCUT2D eigenvalue weighted by Gasteiger charge is 2.37. The van der Waals surface area contributed by atoms with Gasteiger partial charge >= 0.3 is 0 Å². The third-order valence-electron chi connectivity index (χ3n) is 5.00. The molecule has 1 aliphatic rings. The maximum absolute atomic E-state index is 2.50. The summed E-state index contributed by atoms with van der Waals surface area (Å²) in [6.45, 7) is 12.1. The lowest BCUT2D eigenvalue weighted by Crippen LogP contribution is -2.34. The summed E-state index contributed by atoms with van der Waals surface area (Å²) in [5.41, 5.74) is 0.627. The molecule has 0 aromatic carbocycles. The first-order chi connectivity index (χ1) is 6.99. The van der Waals surface area contributed by atoms with E-state index in [9.17, 15) is 0 Å². The third kappa shape index (κ3) is 3.23. The van der Waals surface area contributed by atoms with Crippen LogP contribution >= 0.6 is 0 Å². The van der Waals surface area contributed by atoms with Crippen LogP contribution in [0.5, 0.6) is 0 Å². The Balaban J connectivity index is 2.47. The predicted molar refractivity (Wildman–Crippen MR) is 69.0 cm³/mol. The van der Waals surface area contributed by atoms with Crippen LogP contribution in [-0.2, 0) is 0 Å². The largest absolute Gasteiger partial charge is 0.0654 e. The molecule has 0 radical (unpaired) electrons. The molecule has 0 aliphatic heterocycles. The van der Waals surface area contributed by atoms with Crippen LogP contribution in [0.4, 0.5) is 0 Å². The zero-order valence-electron chi connectivity index (χ0n) is 11.5. The molecule has 0 spiro atoms. The van der Waals surface area contributed by atoms with Gasteiger partial charge in [-0.15, -0.1) is 0 Å². The molecule has 3 atom stereocenters. The smallest absolute Gasteiger partial charge is 0.0300 e. The molecule has 0 nitrogen and oxygen atoms in total. The first kappa shape index (κ1) is 13.1. The summed E-state index contributed by atoms with van der Waals surface area (Å²) in [7, 11) is 0. The monoisotopic (exact) mass is 210 g/mol. The highest BCUT2D eigenvalue weighted by Crippen LogP contribution is 2.47. The molecule has 1 fully saturated rings. The van der Waals surface area contributed by atoms with E-state index in [0.717, 1.165) is 17.8 Å².